The highest BCUT2D eigenvalue weighted by molar-refractivity contribution is 8.00. The van der Waals surface area contributed by atoms with E-state index < -0.39 is 17.3 Å². The zero-order valence-electron chi connectivity index (χ0n) is 19.6. The van der Waals surface area contributed by atoms with Crippen LogP contribution in [-0.4, -0.2) is 39.0 Å². The standard InChI is InChI=1S/C27H23F3N4O2S/c28-27(29,30)21-6-3-15-32-24(21)26(36)12-16-34(17-13-26)25(35)19-8-10-20(11-9-19)33-37-22-7-1-4-18-5-2-14-31-23(18)22/h1-11,14-15,33,36H,12-13,16-17H2. The van der Waals surface area contributed by atoms with Gasteiger partial charge in [0, 0.05) is 42.1 Å². The number of likely N-dealkylation sites (tertiary alicyclic amines) is 1. The number of aromatic nitrogens is 2. The summed E-state index contributed by atoms with van der Waals surface area (Å²) in [6, 6.07) is 18.9. The lowest BCUT2D eigenvalue weighted by atomic mass is 9.85. The topological polar surface area (TPSA) is 78.4 Å². The van der Waals surface area contributed by atoms with Gasteiger partial charge in [-0.25, -0.2) is 0 Å². The number of hydrogen-bond acceptors (Lipinski definition) is 6. The monoisotopic (exact) mass is 524 g/mol. The summed E-state index contributed by atoms with van der Waals surface area (Å²) in [6.07, 6.45) is -1.70. The number of anilines is 1. The van der Waals surface area contributed by atoms with Crippen LogP contribution in [0.2, 0.25) is 0 Å². The van der Waals surface area contributed by atoms with Crippen LogP contribution in [0.25, 0.3) is 10.9 Å². The Morgan fingerprint density at radius 1 is 0.946 bits per heavy atom. The molecule has 37 heavy (non-hydrogen) atoms. The molecule has 2 aromatic carbocycles. The number of fused-ring (bicyclic) bond motifs is 1. The predicted octanol–water partition coefficient (Wildman–Crippen LogP) is 5.89. The molecule has 5 rings (SSSR count). The van der Waals surface area contributed by atoms with Crippen molar-refractivity contribution in [3.05, 3.63) is 95.9 Å². The summed E-state index contributed by atoms with van der Waals surface area (Å²) < 4.78 is 43.5. The Morgan fingerprint density at radius 2 is 1.62 bits per heavy atom. The van der Waals surface area contributed by atoms with Gasteiger partial charge in [-0.3, -0.25) is 14.8 Å². The van der Waals surface area contributed by atoms with Crippen LogP contribution in [0.3, 0.4) is 0 Å². The van der Waals surface area contributed by atoms with Crippen molar-refractivity contribution in [3.8, 4) is 0 Å². The lowest BCUT2D eigenvalue weighted by Gasteiger charge is -2.38. The van der Waals surface area contributed by atoms with Crippen LogP contribution in [0.1, 0.15) is 34.5 Å². The molecule has 0 bridgehead atoms. The van der Waals surface area contributed by atoms with Crippen LogP contribution in [-0.2, 0) is 11.8 Å². The van der Waals surface area contributed by atoms with Crippen molar-refractivity contribution < 1.29 is 23.1 Å². The Kier molecular flexibility index (Phi) is 6.78. The highest BCUT2D eigenvalue weighted by Crippen LogP contribution is 2.40. The van der Waals surface area contributed by atoms with Gasteiger partial charge in [-0.2, -0.15) is 13.2 Å². The first-order valence-electron chi connectivity index (χ1n) is 11.7. The molecule has 1 amide bonds. The third-order valence-electron chi connectivity index (χ3n) is 6.44. The second-order valence-electron chi connectivity index (χ2n) is 8.83. The van der Waals surface area contributed by atoms with Gasteiger partial charge in [0.05, 0.1) is 21.7 Å². The van der Waals surface area contributed by atoms with E-state index in [-0.39, 0.29) is 37.5 Å². The number of benzene rings is 2. The predicted molar refractivity (Wildman–Crippen MR) is 136 cm³/mol. The number of piperidine rings is 1. The highest BCUT2D eigenvalue weighted by Gasteiger charge is 2.44. The fourth-order valence-electron chi connectivity index (χ4n) is 4.46. The molecule has 1 aliphatic rings. The van der Waals surface area contributed by atoms with Gasteiger partial charge in [0.25, 0.3) is 5.91 Å². The summed E-state index contributed by atoms with van der Waals surface area (Å²) in [7, 11) is 0. The van der Waals surface area contributed by atoms with Crippen molar-refractivity contribution in [2.75, 3.05) is 17.8 Å². The summed E-state index contributed by atoms with van der Waals surface area (Å²) in [4.78, 5) is 23.8. The number of nitrogens with zero attached hydrogens (tertiary/aromatic N) is 3. The Balaban J connectivity index is 1.22. The molecule has 4 aromatic rings. The second kappa shape index (κ2) is 10.0. The second-order valence-corrected chi connectivity index (χ2v) is 9.68. The summed E-state index contributed by atoms with van der Waals surface area (Å²) in [5.41, 5.74) is -0.919. The number of rotatable bonds is 5. The van der Waals surface area contributed by atoms with E-state index in [0.29, 0.717) is 5.56 Å². The van der Waals surface area contributed by atoms with Gasteiger partial charge in [-0.05, 0) is 73.3 Å². The largest absolute Gasteiger partial charge is 0.418 e. The van der Waals surface area contributed by atoms with Crippen molar-refractivity contribution >= 4 is 34.4 Å². The number of nitrogens with one attached hydrogen (secondary N) is 1. The number of pyridine rings is 2. The van der Waals surface area contributed by atoms with E-state index in [1.54, 1.807) is 35.4 Å². The Labute approximate surface area is 215 Å². The van der Waals surface area contributed by atoms with Gasteiger partial charge in [0.2, 0.25) is 0 Å². The van der Waals surface area contributed by atoms with E-state index in [1.165, 1.54) is 24.2 Å². The molecule has 3 heterocycles. The maximum atomic E-state index is 13.4. The van der Waals surface area contributed by atoms with E-state index in [2.05, 4.69) is 14.7 Å². The van der Waals surface area contributed by atoms with Gasteiger partial charge in [0.15, 0.2) is 0 Å². The van der Waals surface area contributed by atoms with Gasteiger partial charge < -0.3 is 14.7 Å². The van der Waals surface area contributed by atoms with Crippen LogP contribution in [0, 0.1) is 0 Å². The fourth-order valence-corrected chi connectivity index (χ4v) is 5.24. The molecule has 190 valence electrons. The van der Waals surface area contributed by atoms with Gasteiger partial charge >= 0.3 is 6.18 Å². The van der Waals surface area contributed by atoms with E-state index in [1.807, 2.05) is 30.3 Å². The molecule has 1 aliphatic heterocycles. The molecular weight excluding hydrogens is 501 g/mol. The summed E-state index contributed by atoms with van der Waals surface area (Å²) in [6.45, 7) is 0.236. The molecule has 1 saturated heterocycles. The summed E-state index contributed by atoms with van der Waals surface area (Å²) >= 11 is 1.42. The lowest BCUT2D eigenvalue weighted by Crippen LogP contribution is -2.46. The average molecular weight is 525 g/mol. The first-order chi connectivity index (χ1) is 17.7. The number of aliphatic hydroxyl groups is 1. The first-order valence-corrected chi connectivity index (χ1v) is 12.5. The zero-order chi connectivity index (χ0) is 26.0. The van der Waals surface area contributed by atoms with E-state index in [9.17, 15) is 23.1 Å². The first kappa shape index (κ1) is 25.0. The molecule has 6 nitrogen and oxygen atoms in total. The number of hydrogen-bond donors (Lipinski definition) is 2. The highest BCUT2D eigenvalue weighted by atomic mass is 32.2. The quantitative estimate of drug-likeness (QED) is 0.317. The molecule has 0 unspecified atom stereocenters. The minimum Gasteiger partial charge on any atom is -0.383 e. The number of halogens is 3. The normalized spacial score (nSPS) is 15.5. The smallest absolute Gasteiger partial charge is 0.383 e. The molecule has 0 saturated carbocycles. The number of carbonyl (C=O) groups is 1. The molecule has 0 radical (unpaired) electrons. The lowest BCUT2D eigenvalue weighted by molar-refractivity contribution is -0.142. The third kappa shape index (κ3) is 5.26. The number of carbonyl (C=O) groups excluding carboxylic acids is 1. The van der Waals surface area contributed by atoms with Crippen LogP contribution < -0.4 is 4.72 Å². The van der Waals surface area contributed by atoms with Crippen LogP contribution in [0.15, 0.2) is 84.0 Å². The molecule has 0 spiro atoms. The zero-order valence-corrected chi connectivity index (χ0v) is 20.4. The molecule has 0 atom stereocenters. The maximum absolute atomic E-state index is 13.4. The Morgan fingerprint density at radius 3 is 2.35 bits per heavy atom. The van der Waals surface area contributed by atoms with Gasteiger partial charge in [0.1, 0.15) is 5.60 Å². The minimum atomic E-state index is -4.62. The summed E-state index contributed by atoms with van der Waals surface area (Å²) in [5, 5.41) is 12.0. The number of para-hydroxylation sites is 1. The van der Waals surface area contributed by atoms with E-state index >= 15 is 0 Å². The number of alkyl halides is 3. The minimum absolute atomic E-state index is 0.0336. The van der Waals surface area contributed by atoms with E-state index in [0.717, 1.165) is 27.6 Å². The van der Waals surface area contributed by atoms with Gasteiger partial charge in [-0.1, -0.05) is 18.2 Å². The van der Waals surface area contributed by atoms with Crippen molar-refractivity contribution in [2.45, 2.75) is 29.5 Å². The Hall–Kier alpha value is -3.63. The fraction of sp³-hybridized carbons (Fsp3) is 0.222. The van der Waals surface area contributed by atoms with Crippen molar-refractivity contribution in [1.29, 1.82) is 0 Å². The molecule has 10 heteroatoms. The third-order valence-corrected chi connectivity index (χ3v) is 7.33. The van der Waals surface area contributed by atoms with Crippen LogP contribution >= 0.6 is 11.9 Å². The van der Waals surface area contributed by atoms with Crippen molar-refractivity contribution in [1.82, 2.24) is 14.9 Å². The molecule has 2 aromatic heterocycles. The van der Waals surface area contributed by atoms with Crippen LogP contribution in [0.4, 0.5) is 18.9 Å². The molecular formula is C27H23F3N4O2S. The maximum Gasteiger partial charge on any atom is 0.418 e. The van der Waals surface area contributed by atoms with Crippen LogP contribution in [0.5, 0.6) is 0 Å². The molecule has 2 N–H and O–H groups in total. The van der Waals surface area contributed by atoms with Crippen molar-refractivity contribution in [3.63, 3.8) is 0 Å². The molecule has 0 aliphatic carbocycles. The summed E-state index contributed by atoms with van der Waals surface area (Å²) in [5.74, 6) is -0.239. The van der Waals surface area contributed by atoms with Crippen molar-refractivity contribution in [2.24, 2.45) is 0 Å². The van der Waals surface area contributed by atoms with Gasteiger partial charge in [-0.15, -0.1) is 0 Å². The Bertz CT molecular complexity index is 1420. The SMILES string of the molecule is O=C(c1ccc(NSc2cccc3cccnc23)cc1)N1CCC(O)(c2ncccc2C(F)(F)F)CC1. The molecule has 1 fully saturated rings. The average Bonchev–Trinajstić information content (AvgIpc) is 2.92. The number of amides is 1. The van der Waals surface area contributed by atoms with E-state index in [4.69, 9.17) is 0 Å².